The molecule has 2 aromatic carbocycles. The Morgan fingerprint density at radius 3 is 2.40 bits per heavy atom. The van der Waals surface area contributed by atoms with Crippen molar-refractivity contribution in [1.29, 1.82) is 0 Å². The Morgan fingerprint density at radius 2 is 1.72 bits per heavy atom. The van der Waals surface area contributed by atoms with Crippen LogP contribution in [0.3, 0.4) is 0 Å². The SMILES string of the molecule is CCCCCOc1ccc(CC(CN)c2cccc(OCC)c2)cc1. The summed E-state index contributed by atoms with van der Waals surface area (Å²) >= 11 is 0. The lowest BCUT2D eigenvalue weighted by atomic mass is 9.92. The van der Waals surface area contributed by atoms with Gasteiger partial charge in [0.1, 0.15) is 11.5 Å². The Bertz CT molecular complexity index is 610. The molecule has 2 rings (SSSR count). The largest absolute Gasteiger partial charge is 0.494 e. The molecule has 1 unspecified atom stereocenters. The number of hydrogen-bond donors (Lipinski definition) is 1. The van der Waals surface area contributed by atoms with Crippen molar-refractivity contribution >= 4 is 0 Å². The minimum Gasteiger partial charge on any atom is -0.494 e. The highest BCUT2D eigenvalue weighted by Gasteiger charge is 2.12. The number of ether oxygens (including phenoxy) is 2. The molecule has 0 spiro atoms. The maximum absolute atomic E-state index is 6.04. The zero-order valence-electron chi connectivity index (χ0n) is 15.5. The minimum absolute atomic E-state index is 0.289. The molecule has 0 heterocycles. The fraction of sp³-hybridized carbons (Fsp3) is 0.455. The second-order valence-corrected chi connectivity index (χ2v) is 6.34. The monoisotopic (exact) mass is 341 g/mol. The molecular formula is C22H31NO2. The summed E-state index contributed by atoms with van der Waals surface area (Å²) in [4.78, 5) is 0. The van der Waals surface area contributed by atoms with E-state index in [1.165, 1.54) is 24.0 Å². The van der Waals surface area contributed by atoms with E-state index < -0.39 is 0 Å². The van der Waals surface area contributed by atoms with Gasteiger partial charge in [-0.05, 0) is 61.7 Å². The van der Waals surface area contributed by atoms with E-state index in [1.807, 2.05) is 19.1 Å². The van der Waals surface area contributed by atoms with Crippen LogP contribution < -0.4 is 15.2 Å². The van der Waals surface area contributed by atoms with Crippen molar-refractivity contribution < 1.29 is 9.47 Å². The molecule has 25 heavy (non-hydrogen) atoms. The maximum Gasteiger partial charge on any atom is 0.119 e. The van der Waals surface area contributed by atoms with Gasteiger partial charge in [-0.3, -0.25) is 0 Å². The molecule has 136 valence electrons. The molecule has 2 N–H and O–H groups in total. The minimum atomic E-state index is 0.289. The quantitative estimate of drug-likeness (QED) is 0.589. The zero-order valence-corrected chi connectivity index (χ0v) is 15.5. The van der Waals surface area contributed by atoms with Crippen LogP contribution in [0.25, 0.3) is 0 Å². The Hall–Kier alpha value is -2.00. The average molecular weight is 341 g/mol. The van der Waals surface area contributed by atoms with E-state index in [2.05, 4.69) is 43.3 Å². The highest BCUT2D eigenvalue weighted by molar-refractivity contribution is 5.34. The number of unbranched alkanes of at least 4 members (excludes halogenated alkanes) is 2. The lowest BCUT2D eigenvalue weighted by Gasteiger charge is -2.17. The topological polar surface area (TPSA) is 44.5 Å². The first kappa shape index (κ1) is 19.3. The van der Waals surface area contributed by atoms with Crippen LogP contribution in [-0.2, 0) is 6.42 Å². The fourth-order valence-corrected chi connectivity index (χ4v) is 2.91. The van der Waals surface area contributed by atoms with Gasteiger partial charge in [0.15, 0.2) is 0 Å². The van der Waals surface area contributed by atoms with Crippen LogP contribution in [0.5, 0.6) is 11.5 Å². The molecular weight excluding hydrogens is 310 g/mol. The van der Waals surface area contributed by atoms with Crippen LogP contribution in [0.15, 0.2) is 48.5 Å². The Labute approximate surface area is 152 Å². The molecule has 3 nitrogen and oxygen atoms in total. The standard InChI is InChI=1S/C22H31NO2/c1-3-5-6-14-25-21-12-10-18(11-13-21)15-20(17-23)19-8-7-9-22(16-19)24-4-2/h7-13,16,20H,3-6,14-15,17,23H2,1-2H3. The number of nitrogens with two attached hydrogens (primary N) is 1. The second-order valence-electron chi connectivity index (χ2n) is 6.34. The highest BCUT2D eigenvalue weighted by Crippen LogP contribution is 2.25. The number of hydrogen-bond acceptors (Lipinski definition) is 3. The van der Waals surface area contributed by atoms with Gasteiger partial charge in [-0.2, -0.15) is 0 Å². The lowest BCUT2D eigenvalue weighted by molar-refractivity contribution is 0.306. The molecule has 0 fully saturated rings. The molecule has 0 radical (unpaired) electrons. The Kier molecular flexibility index (Phi) is 8.33. The molecule has 0 aromatic heterocycles. The van der Waals surface area contributed by atoms with E-state index in [9.17, 15) is 0 Å². The molecule has 1 atom stereocenters. The van der Waals surface area contributed by atoms with E-state index in [1.54, 1.807) is 0 Å². The van der Waals surface area contributed by atoms with E-state index in [0.29, 0.717) is 13.2 Å². The Balaban J connectivity index is 1.95. The smallest absolute Gasteiger partial charge is 0.119 e. The third-order valence-corrected chi connectivity index (χ3v) is 4.35. The zero-order chi connectivity index (χ0) is 17.9. The third-order valence-electron chi connectivity index (χ3n) is 4.35. The lowest BCUT2D eigenvalue weighted by Crippen LogP contribution is -2.15. The van der Waals surface area contributed by atoms with Crippen molar-refractivity contribution in [2.24, 2.45) is 5.73 Å². The van der Waals surface area contributed by atoms with Gasteiger partial charge in [-0.1, -0.05) is 44.0 Å². The van der Waals surface area contributed by atoms with Gasteiger partial charge in [-0.25, -0.2) is 0 Å². The van der Waals surface area contributed by atoms with Crippen LogP contribution in [0.1, 0.15) is 50.2 Å². The first-order chi connectivity index (χ1) is 12.3. The molecule has 3 heteroatoms. The van der Waals surface area contributed by atoms with Gasteiger partial charge in [0.25, 0.3) is 0 Å². The van der Waals surface area contributed by atoms with Crippen molar-refractivity contribution in [3.05, 3.63) is 59.7 Å². The van der Waals surface area contributed by atoms with E-state index >= 15 is 0 Å². The molecule has 0 bridgehead atoms. The summed E-state index contributed by atoms with van der Waals surface area (Å²) in [7, 11) is 0. The summed E-state index contributed by atoms with van der Waals surface area (Å²) in [5, 5.41) is 0. The summed E-state index contributed by atoms with van der Waals surface area (Å²) in [6.07, 6.45) is 4.47. The van der Waals surface area contributed by atoms with Crippen LogP contribution >= 0.6 is 0 Å². The molecule has 0 aliphatic heterocycles. The van der Waals surface area contributed by atoms with E-state index in [4.69, 9.17) is 15.2 Å². The normalized spacial score (nSPS) is 12.0. The molecule has 0 aliphatic rings. The van der Waals surface area contributed by atoms with Gasteiger partial charge in [0.05, 0.1) is 13.2 Å². The number of rotatable bonds is 11. The summed E-state index contributed by atoms with van der Waals surface area (Å²) < 4.78 is 11.4. The van der Waals surface area contributed by atoms with Gasteiger partial charge in [0.2, 0.25) is 0 Å². The van der Waals surface area contributed by atoms with Gasteiger partial charge >= 0.3 is 0 Å². The van der Waals surface area contributed by atoms with Gasteiger partial charge in [-0.15, -0.1) is 0 Å². The predicted molar refractivity (Wildman–Crippen MR) is 105 cm³/mol. The first-order valence-corrected chi connectivity index (χ1v) is 9.41. The highest BCUT2D eigenvalue weighted by atomic mass is 16.5. The van der Waals surface area contributed by atoms with E-state index in [0.717, 1.165) is 30.9 Å². The van der Waals surface area contributed by atoms with E-state index in [-0.39, 0.29) is 5.92 Å². The van der Waals surface area contributed by atoms with Crippen LogP contribution in [-0.4, -0.2) is 19.8 Å². The van der Waals surface area contributed by atoms with Crippen molar-refractivity contribution in [3.8, 4) is 11.5 Å². The first-order valence-electron chi connectivity index (χ1n) is 9.41. The summed E-state index contributed by atoms with van der Waals surface area (Å²) in [6.45, 7) is 6.29. The summed E-state index contributed by atoms with van der Waals surface area (Å²) in [5.74, 6) is 2.15. The van der Waals surface area contributed by atoms with Crippen molar-refractivity contribution in [2.45, 2.75) is 45.4 Å². The predicted octanol–water partition coefficient (Wildman–Crippen LogP) is 4.94. The molecule has 0 aliphatic carbocycles. The average Bonchev–Trinajstić information content (AvgIpc) is 2.65. The second kappa shape index (κ2) is 10.8. The molecule has 0 saturated carbocycles. The van der Waals surface area contributed by atoms with Crippen LogP contribution in [0, 0.1) is 0 Å². The van der Waals surface area contributed by atoms with Crippen molar-refractivity contribution in [3.63, 3.8) is 0 Å². The maximum atomic E-state index is 6.04. The third kappa shape index (κ3) is 6.43. The summed E-state index contributed by atoms with van der Waals surface area (Å²) in [5.41, 5.74) is 8.54. The van der Waals surface area contributed by atoms with Gasteiger partial charge < -0.3 is 15.2 Å². The van der Waals surface area contributed by atoms with Crippen molar-refractivity contribution in [1.82, 2.24) is 0 Å². The molecule has 0 saturated heterocycles. The fourth-order valence-electron chi connectivity index (χ4n) is 2.91. The van der Waals surface area contributed by atoms with Crippen LogP contribution in [0.2, 0.25) is 0 Å². The summed E-state index contributed by atoms with van der Waals surface area (Å²) in [6, 6.07) is 16.7. The van der Waals surface area contributed by atoms with Crippen molar-refractivity contribution in [2.75, 3.05) is 19.8 Å². The van der Waals surface area contributed by atoms with Crippen LogP contribution in [0.4, 0.5) is 0 Å². The molecule has 2 aromatic rings. The molecule has 0 amide bonds. The van der Waals surface area contributed by atoms with Gasteiger partial charge in [0, 0.05) is 5.92 Å². The Morgan fingerprint density at radius 1 is 0.920 bits per heavy atom. The number of benzene rings is 2.